The van der Waals surface area contributed by atoms with Crippen LogP contribution in [0.25, 0.3) is 6.08 Å². The quantitative estimate of drug-likeness (QED) is 0.422. The molecular formula is C25H20F2N2O2S. The summed E-state index contributed by atoms with van der Waals surface area (Å²) in [5.74, 6) is -0.101. The maximum Gasteiger partial charge on any atom is 0.266 e. The molecule has 32 heavy (non-hydrogen) atoms. The van der Waals surface area contributed by atoms with Crippen LogP contribution in [0.5, 0.6) is 5.75 Å². The molecular weight excluding hydrogens is 430 g/mol. The summed E-state index contributed by atoms with van der Waals surface area (Å²) in [6.07, 6.45) is 1.80. The molecule has 1 heterocycles. The van der Waals surface area contributed by atoms with Gasteiger partial charge in [-0.3, -0.25) is 9.69 Å². The summed E-state index contributed by atoms with van der Waals surface area (Å²) in [7, 11) is 0. The van der Waals surface area contributed by atoms with Crippen LogP contribution in [0.4, 0.5) is 14.5 Å². The molecule has 7 heteroatoms. The van der Waals surface area contributed by atoms with Crippen LogP contribution < -0.4 is 4.74 Å². The number of halogens is 2. The van der Waals surface area contributed by atoms with Crippen LogP contribution in [0.3, 0.4) is 0 Å². The Kier molecular flexibility index (Phi) is 6.66. The Morgan fingerprint density at radius 3 is 2.44 bits per heavy atom. The molecule has 0 unspecified atom stereocenters. The molecule has 0 N–H and O–H groups in total. The average Bonchev–Trinajstić information content (AvgIpc) is 3.08. The first-order chi connectivity index (χ1) is 15.5. The lowest BCUT2D eigenvalue weighted by Gasteiger charge is -2.11. The first-order valence-corrected chi connectivity index (χ1v) is 10.9. The highest BCUT2D eigenvalue weighted by Gasteiger charge is 2.32. The third kappa shape index (κ3) is 5.23. The lowest BCUT2D eigenvalue weighted by molar-refractivity contribution is -0.122. The van der Waals surface area contributed by atoms with E-state index in [1.807, 2.05) is 19.1 Å². The van der Waals surface area contributed by atoms with Crippen molar-refractivity contribution >= 4 is 34.6 Å². The van der Waals surface area contributed by atoms with E-state index in [0.717, 1.165) is 11.1 Å². The number of hydrogen-bond donors (Lipinski definition) is 0. The molecule has 162 valence electrons. The molecule has 0 aromatic heterocycles. The summed E-state index contributed by atoms with van der Waals surface area (Å²) in [5.41, 5.74) is 2.18. The third-order valence-electron chi connectivity index (χ3n) is 4.73. The maximum absolute atomic E-state index is 13.3. The molecule has 0 radical (unpaired) electrons. The normalized spacial score (nSPS) is 16.2. The number of aliphatic imine (C=N–C) groups is 1. The van der Waals surface area contributed by atoms with Crippen LogP contribution in [0.15, 0.2) is 82.7 Å². The average molecular weight is 451 g/mol. The van der Waals surface area contributed by atoms with Crippen LogP contribution in [0.1, 0.15) is 18.1 Å². The van der Waals surface area contributed by atoms with E-state index in [0.29, 0.717) is 28.1 Å². The second-order valence-corrected chi connectivity index (χ2v) is 8.03. The predicted octanol–water partition coefficient (Wildman–Crippen LogP) is 6.17. The minimum absolute atomic E-state index is 0.121. The van der Waals surface area contributed by atoms with Crippen molar-refractivity contribution in [3.05, 3.63) is 100 Å². The highest BCUT2D eigenvalue weighted by molar-refractivity contribution is 8.18. The molecule has 0 spiro atoms. The maximum atomic E-state index is 13.3. The first kappa shape index (κ1) is 21.8. The molecule has 4 rings (SSSR count). The van der Waals surface area contributed by atoms with Gasteiger partial charge in [-0.25, -0.2) is 13.8 Å². The van der Waals surface area contributed by atoms with Crippen molar-refractivity contribution in [2.45, 2.75) is 13.5 Å². The summed E-state index contributed by atoms with van der Waals surface area (Å²) < 4.78 is 32.1. The Morgan fingerprint density at radius 2 is 1.75 bits per heavy atom. The summed E-state index contributed by atoms with van der Waals surface area (Å²) >= 11 is 1.29. The van der Waals surface area contributed by atoms with Crippen LogP contribution in [-0.4, -0.2) is 22.5 Å². The van der Waals surface area contributed by atoms with Gasteiger partial charge in [-0.1, -0.05) is 24.3 Å². The molecule has 1 aliphatic heterocycles. The van der Waals surface area contributed by atoms with Gasteiger partial charge in [0.25, 0.3) is 5.91 Å². The molecule has 3 aromatic carbocycles. The zero-order valence-electron chi connectivity index (χ0n) is 17.3. The summed E-state index contributed by atoms with van der Waals surface area (Å²) in [5, 5.41) is 0.561. The van der Waals surface area contributed by atoms with Gasteiger partial charge in [0, 0.05) is 6.54 Å². The molecule has 1 amide bonds. The number of benzene rings is 3. The number of thioether (sulfide) groups is 1. The lowest BCUT2D eigenvalue weighted by Crippen LogP contribution is -2.28. The first-order valence-electron chi connectivity index (χ1n) is 10.0. The Labute approximate surface area is 189 Å². The highest BCUT2D eigenvalue weighted by atomic mass is 32.2. The SMILES string of the molecule is CCN1C(=O)/C(=C\c2ccc(OCc3cccc(F)c3)cc2)SC1=Nc1ccc(F)cc1. The zero-order valence-corrected chi connectivity index (χ0v) is 18.1. The van der Waals surface area contributed by atoms with Gasteiger partial charge in [0.1, 0.15) is 24.0 Å². The highest BCUT2D eigenvalue weighted by Crippen LogP contribution is 2.34. The van der Waals surface area contributed by atoms with Crippen molar-refractivity contribution in [2.24, 2.45) is 4.99 Å². The number of rotatable bonds is 6. The largest absolute Gasteiger partial charge is 0.489 e. The van der Waals surface area contributed by atoms with Crippen molar-refractivity contribution < 1.29 is 18.3 Å². The molecule has 1 aliphatic rings. The fourth-order valence-corrected chi connectivity index (χ4v) is 4.16. The molecule has 4 nitrogen and oxygen atoms in total. The molecule has 0 bridgehead atoms. The Morgan fingerprint density at radius 1 is 1.00 bits per heavy atom. The standard InChI is InChI=1S/C25H20F2N2O2S/c1-2-29-24(30)23(32-25(29)28-21-10-8-19(26)9-11-21)15-17-6-12-22(13-7-17)31-16-18-4-3-5-20(27)14-18/h3-15H,2,16H2,1H3/b23-15+,28-25?. The summed E-state index contributed by atoms with van der Waals surface area (Å²) in [4.78, 5) is 19.4. The van der Waals surface area contributed by atoms with Gasteiger partial charge in [-0.05, 0) is 84.4 Å². The Balaban J connectivity index is 1.46. The van der Waals surface area contributed by atoms with Gasteiger partial charge in [0.15, 0.2) is 5.17 Å². The van der Waals surface area contributed by atoms with Crippen molar-refractivity contribution in [3.63, 3.8) is 0 Å². The topological polar surface area (TPSA) is 41.9 Å². The molecule has 0 atom stereocenters. The van der Waals surface area contributed by atoms with Crippen LogP contribution >= 0.6 is 11.8 Å². The van der Waals surface area contributed by atoms with Gasteiger partial charge in [-0.2, -0.15) is 0 Å². The Hall–Kier alpha value is -3.45. The summed E-state index contributed by atoms with van der Waals surface area (Å²) in [6.45, 7) is 2.63. The number of ether oxygens (including phenoxy) is 1. The minimum Gasteiger partial charge on any atom is -0.489 e. The van der Waals surface area contributed by atoms with E-state index in [2.05, 4.69) is 4.99 Å². The van der Waals surface area contributed by atoms with E-state index in [4.69, 9.17) is 4.74 Å². The Bertz CT molecular complexity index is 1180. The van der Waals surface area contributed by atoms with E-state index in [1.54, 1.807) is 47.4 Å². The van der Waals surface area contributed by atoms with Gasteiger partial charge in [0.05, 0.1) is 10.6 Å². The van der Waals surface area contributed by atoms with E-state index in [-0.39, 0.29) is 24.1 Å². The second kappa shape index (κ2) is 9.78. The number of nitrogens with zero attached hydrogens (tertiary/aromatic N) is 2. The van der Waals surface area contributed by atoms with Crippen LogP contribution in [0, 0.1) is 11.6 Å². The fourth-order valence-electron chi connectivity index (χ4n) is 3.10. The number of amidine groups is 1. The smallest absolute Gasteiger partial charge is 0.266 e. The number of amides is 1. The van der Waals surface area contributed by atoms with Crippen LogP contribution in [0.2, 0.25) is 0 Å². The number of likely N-dealkylation sites (N-methyl/N-ethyl adjacent to an activating group) is 1. The predicted molar refractivity (Wildman–Crippen MR) is 124 cm³/mol. The van der Waals surface area contributed by atoms with Crippen molar-refractivity contribution in [1.82, 2.24) is 4.90 Å². The molecule has 3 aromatic rings. The summed E-state index contributed by atoms with van der Waals surface area (Å²) in [6, 6.07) is 19.4. The van der Waals surface area contributed by atoms with Gasteiger partial charge in [0.2, 0.25) is 0 Å². The third-order valence-corrected chi connectivity index (χ3v) is 5.73. The lowest BCUT2D eigenvalue weighted by atomic mass is 10.2. The van der Waals surface area contributed by atoms with Crippen molar-refractivity contribution in [1.29, 1.82) is 0 Å². The minimum atomic E-state index is -0.333. The van der Waals surface area contributed by atoms with E-state index < -0.39 is 0 Å². The monoisotopic (exact) mass is 450 g/mol. The molecule has 0 saturated carbocycles. The molecule has 1 saturated heterocycles. The van der Waals surface area contributed by atoms with Gasteiger partial charge < -0.3 is 4.74 Å². The number of hydrogen-bond acceptors (Lipinski definition) is 4. The van der Waals surface area contributed by atoms with E-state index >= 15 is 0 Å². The van der Waals surface area contributed by atoms with E-state index in [9.17, 15) is 13.6 Å². The molecule has 1 fully saturated rings. The number of carbonyl (C=O) groups is 1. The van der Waals surface area contributed by atoms with Gasteiger partial charge >= 0.3 is 0 Å². The fraction of sp³-hybridized carbons (Fsp3) is 0.120. The molecule has 0 aliphatic carbocycles. The van der Waals surface area contributed by atoms with Crippen molar-refractivity contribution in [2.75, 3.05) is 6.54 Å². The zero-order chi connectivity index (χ0) is 22.5. The van der Waals surface area contributed by atoms with E-state index in [1.165, 1.54) is 36.0 Å². The number of carbonyl (C=O) groups excluding carboxylic acids is 1. The van der Waals surface area contributed by atoms with Crippen molar-refractivity contribution in [3.8, 4) is 5.75 Å². The van der Waals surface area contributed by atoms with Crippen LogP contribution in [-0.2, 0) is 11.4 Å². The van der Waals surface area contributed by atoms with Gasteiger partial charge in [-0.15, -0.1) is 0 Å². The second-order valence-electron chi connectivity index (χ2n) is 7.02.